The summed E-state index contributed by atoms with van der Waals surface area (Å²) in [6.45, 7) is 1.82. The second kappa shape index (κ2) is 7.90. The van der Waals surface area contributed by atoms with E-state index in [1.54, 1.807) is 35.9 Å². The third-order valence-electron chi connectivity index (χ3n) is 5.03. The van der Waals surface area contributed by atoms with E-state index in [1.807, 2.05) is 12.1 Å². The largest absolute Gasteiger partial charge is 0.480 e. The molecule has 0 saturated heterocycles. The first-order valence-electron chi connectivity index (χ1n) is 9.38. The molecule has 7 nitrogen and oxygen atoms in total. The fraction of sp³-hybridized carbons (Fsp3) is 0.182. The van der Waals surface area contributed by atoms with Crippen molar-refractivity contribution in [3.05, 3.63) is 93.5 Å². The zero-order chi connectivity index (χ0) is 21.3. The molecule has 152 valence electrons. The van der Waals surface area contributed by atoms with Gasteiger partial charge in [0.25, 0.3) is 5.56 Å². The first-order valence-corrected chi connectivity index (χ1v) is 9.38. The molecule has 1 N–H and O–H groups in total. The molecule has 0 radical (unpaired) electrons. The van der Waals surface area contributed by atoms with Crippen molar-refractivity contribution in [1.82, 2.24) is 19.3 Å². The Morgan fingerprint density at radius 2 is 1.97 bits per heavy atom. The van der Waals surface area contributed by atoms with Crippen LogP contribution >= 0.6 is 0 Å². The highest BCUT2D eigenvalue weighted by Crippen LogP contribution is 2.28. The van der Waals surface area contributed by atoms with Gasteiger partial charge in [0.15, 0.2) is 0 Å². The minimum atomic E-state index is -0.979. The lowest BCUT2D eigenvalue weighted by Crippen LogP contribution is -2.24. The molecule has 30 heavy (non-hydrogen) atoms. The molecule has 0 bridgehead atoms. The van der Waals surface area contributed by atoms with E-state index in [0.717, 1.165) is 11.3 Å². The average molecular weight is 406 g/mol. The maximum Gasteiger partial charge on any atom is 0.323 e. The van der Waals surface area contributed by atoms with Crippen LogP contribution in [0.5, 0.6) is 0 Å². The summed E-state index contributed by atoms with van der Waals surface area (Å²) in [5.41, 5.74) is 3.23. The Kier molecular flexibility index (Phi) is 5.14. The van der Waals surface area contributed by atoms with Crippen molar-refractivity contribution in [2.45, 2.75) is 26.4 Å². The molecule has 1 aromatic carbocycles. The van der Waals surface area contributed by atoms with Gasteiger partial charge in [-0.1, -0.05) is 6.07 Å². The molecule has 0 saturated carbocycles. The highest BCUT2D eigenvalue weighted by Gasteiger charge is 2.17. The summed E-state index contributed by atoms with van der Waals surface area (Å²) in [6.07, 6.45) is 1.99. The number of carboxylic acids is 1. The minimum absolute atomic E-state index is 0.222. The molecule has 0 unspecified atom stereocenters. The number of carboxylic acid groups (broad SMARTS) is 1. The van der Waals surface area contributed by atoms with Crippen LogP contribution in [0.2, 0.25) is 0 Å². The van der Waals surface area contributed by atoms with Crippen molar-refractivity contribution in [3.63, 3.8) is 0 Å². The monoisotopic (exact) mass is 406 g/mol. The molecule has 0 atom stereocenters. The Morgan fingerprint density at radius 3 is 2.70 bits per heavy atom. The van der Waals surface area contributed by atoms with Crippen LogP contribution in [0.25, 0.3) is 10.9 Å². The molecule has 4 aromatic rings. The van der Waals surface area contributed by atoms with E-state index < -0.39 is 11.8 Å². The molecule has 0 aliphatic rings. The van der Waals surface area contributed by atoms with E-state index in [1.165, 1.54) is 22.9 Å². The molecule has 0 aliphatic carbocycles. The third-order valence-corrected chi connectivity index (χ3v) is 5.03. The van der Waals surface area contributed by atoms with Gasteiger partial charge in [-0.3, -0.25) is 14.6 Å². The van der Waals surface area contributed by atoms with Crippen LogP contribution < -0.4 is 5.56 Å². The summed E-state index contributed by atoms with van der Waals surface area (Å²) in [4.78, 5) is 27.8. The van der Waals surface area contributed by atoms with E-state index in [-0.39, 0.29) is 18.6 Å². The van der Waals surface area contributed by atoms with Gasteiger partial charge in [0.2, 0.25) is 0 Å². The van der Waals surface area contributed by atoms with Crippen molar-refractivity contribution in [3.8, 4) is 0 Å². The Hall–Kier alpha value is -3.81. The molecule has 0 fully saturated rings. The van der Waals surface area contributed by atoms with E-state index >= 15 is 0 Å². The molecule has 8 heteroatoms. The molecule has 3 aromatic heterocycles. The van der Waals surface area contributed by atoms with Crippen molar-refractivity contribution in [2.24, 2.45) is 0 Å². The average Bonchev–Trinajstić information content (AvgIpc) is 2.96. The molecular weight excluding hydrogens is 387 g/mol. The van der Waals surface area contributed by atoms with Crippen LogP contribution in [0.15, 0.2) is 59.5 Å². The standard InChI is InChI=1S/C22H19FN4O3/c1-14-18(19-10-15(23)5-7-20(19)26(14)13-22(29)30)11-16-6-8-21(28)27(25-16)12-17-4-2-3-9-24-17/h2-10H,11-13H2,1H3,(H,29,30). The summed E-state index contributed by atoms with van der Waals surface area (Å²) in [7, 11) is 0. The number of carbonyl (C=O) groups is 1. The number of hydrogen-bond donors (Lipinski definition) is 1. The maximum absolute atomic E-state index is 13.9. The van der Waals surface area contributed by atoms with E-state index in [2.05, 4.69) is 10.1 Å². The van der Waals surface area contributed by atoms with Gasteiger partial charge in [-0.05, 0) is 48.9 Å². The summed E-state index contributed by atoms with van der Waals surface area (Å²) in [6, 6.07) is 12.8. The SMILES string of the molecule is Cc1c(Cc2ccc(=O)n(Cc3ccccn3)n2)c2cc(F)ccc2n1CC(=O)O. The normalized spacial score (nSPS) is 11.1. The van der Waals surface area contributed by atoms with Crippen LogP contribution in [-0.2, 0) is 24.3 Å². The van der Waals surface area contributed by atoms with Gasteiger partial charge >= 0.3 is 5.97 Å². The zero-order valence-electron chi connectivity index (χ0n) is 16.2. The van der Waals surface area contributed by atoms with Crippen LogP contribution in [0.1, 0.15) is 22.6 Å². The van der Waals surface area contributed by atoms with Gasteiger partial charge in [-0.25, -0.2) is 9.07 Å². The molecule has 0 spiro atoms. The first kappa shape index (κ1) is 19.5. The van der Waals surface area contributed by atoms with Gasteiger partial charge < -0.3 is 9.67 Å². The topological polar surface area (TPSA) is 90.0 Å². The Bertz CT molecular complexity index is 1300. The van der Waals surface area contributed by atoms with Crippen molar-refractivity contribution >= 4 is 16.9 Å². The predicted octanol–water partition coefficient (Wildman–Crippen LogP) is 2.76. The van der Waals surface area contributed by atoms with Gasteiger partial charge in [-0.15, -0.1) is 0 Å². The maximum atomic E-state index is 13.9. The number of pyridine rings is 1. The van der Waals surface area contributed by atoms with E-state index in [9.17, 15) is 19.1 Å². The molecule has 4 rings (SSSR count). The van der Waals surface area contributed by atoms with Crippen LogP contribution in [0, 0.1) is 12.7 Å². The van der Waals surface area contributed by atoms with Gasteiger partial charge in [0, 0.05) is 35.3 Å². The van der Waals surface area contributed by atoms with Crippen LogP contribution in [0.3, 0.4) is 0 Å². The van der Waals surface area contributed by atoms with Crippen LogP contribution in [-0.4, -0.2) is 30.4 Å². The number of nitrogens with zero attached hydrogens (tertiary/aromatic N) is 4. The Labute approximate surface area is 171 Å². The summed E-state index contributed by atoms with van der Waals surface area (Å²) in [5.74, 6) is -1.38. The lowest BCUT2D eigenvalue weighted by molar-refractivity contribution is -0.137. The number of rotatable bonds is 6. The summed E-state index contributed by atoms with van der Waals surface area (Å²) < 4.78 is 16.9. The number of halogens is 1. The second-order valence-electron chi connectivity index (χ2n) is 7.02. The lowest BCUT2D eigenvalue weighted by atomic mass is 10.1. The second-order valence-corrected chi connectivity index (χ2v) is 7.02. The third kappa shape index (κ3) is 3.84. The number of hydrogen-bond acceptors (Lipinski definition) is 4. The quantitative estimate of drug-likeness (QED) is 0.532. The van der Waals surface area contributed by atoms with Crippen molar-refractivity contribution in [2.75, 3.05) is 0 Å². The summed E-state index contributed by atoms with van der Waals surface area (Å²) >= 11 is 0. The minimum Gasteiger partial charge on any atom is -0.480 e. The van der Waals surface area contributed by atoms with Crippen LogP contribution in [0.4, 0.5) is 4.39 Å². The van der Waals surface area contributed by atoms with Crippen molar-refractivity contribution in [1.29, 1.82) is 0 Å². The highest BCUT2D eigenvalue weighted by molar-refractivity contribution is 5.87. The number of aromatic nitrogens is 4. The van der Waals surface area contributed by atoms with E-state index in [4.69, 9.17) is 0 Å². The predicted molar refractivity (Wildman–Crippen MR) is 109 cm³/mol. The fourth-order valence-electron chi connectivity index (χ4n) is 3.61. The highest BCUT2D eigenvalue weighted by atomic mass is 19.1. The van der Waals surface area contributed by atoms with E-state index in [0.29, 0.717) is 28.7 Å². The van der Waals surface area contributed by atoms with Gasteiger partial charge in [-0.2, -0.15) is 5.10 Å². The number of fused-ring (bicyclic) bond motifs is 1. The van der Waals surface area contributed by atoms with Gasteiger partial charge in [0.05, 0.1) is 17.9 Å². The molecular formula is C22H19FN4O3. The lowest BCUT2D eigenvalue weighted by Gasteiger charge is -2.08. The summed E-state index contributed by atoms with van der Waals surface area (Å²) in [5, 5.41) is 14.3. The smallest absolute Gasteiger partial charge is 0.323 e. The number of aliphatic carboxylic acids is 1. The molecule has 0 amide bonds. The fourth-order valence-corrected chi connectivity index (χ4v) is 3.61. The Balaban J connectivity index is 1.75. The zero-order valence-corrected chi connectivity index (χ0v) is 16.2. The first-order chi connectivity index (χ1) is 14.4. The molecule has 0 aliphatic heterocycles. The Morgan fingerprint density at radius 1 is 1.13 bits per heavy atom. The molecule has 3 heterocycles. The number of benzene rings is 1. The van der Waals surface area contributed by atoms with Crippen molar-refractivity contribution < 1.29 is 14.3 Å². The van der Waals surface area contributed by atoms with Gasteiger partial charge in [0.1, 0.15) is 12.4 Å².